The van der Waals surface area contributed by atoms with Gasteiger partial charge in [-0.25, -0.2) is 4.98 Å². The minimum atomic E-state index is 0.0000732. The molecule has 1 aliphatic heterocycles. The van der Waals surface area contributed by atoms with Crippen LogP contribution in [0, 0.1) is 6.92 Å². The summed E-state index contributed by atoms with van der Waals surface area (Å²) in [6, 6.07) is 7.69. The summed E-state index contributed by atoms with van der Waals surface area (Å²) in [6.07, 6.45) is 3.50. The predicted molar refractivity (Wildman–Crippen MR) is 98.7 cm³/mol. The van der Waals surface area contributed by atoms with Crippen LogP contribution < -0.4 is 4.74 Å². The highest BCUT2D eigenvalue weighted by Gasteiger charge is 2.19. The first kappa shape index (κ1) is 17.6. The Labute approximate surface area is 151 Å². The van der Waals surface area contributed by atoms with Crippen LogP contribution in [-0.4, -0.2) is 41.6 Å². The molecule has 0 N–H and O–H groups in total. The van der Waals surface area contributed by atoms with E-state index in [-0.39, 0.29) is 12.0 Å². The smallest absolute Gasteiger partial charge is 0.246 e. The molecule has 1 unspecified atom stereocenters. The Bertz CT molecular complexity index is 757. The van der Waals surface area contributed by atoms with E-state index in [2.05, 4.69) is 4.98 Å². The summed E-state index contributed by atoms with van der Waals surface area (Å²) in [5.74, 6) is 0.743. The Morgan fingerprint density at radius 2 is 2.32 bits per heavy atom. The molecule has 6 heteroatoms. The van der Waals surface area contributed by atoms with E-state index in [9.17, 15) is 4.79 Å². The Balaban J connectivity index is 1.64. The van der Waals surface area contributed by atoms with Crippen molar-refractivity contribution in [2.75, 3.05) is 19.7 Å². The predicted octanol–water partition coefficient (Wildman–Crippen LogP) is 3.29. The van der Waals surface area contributed by atoms with Gasteiger partial charge in [-0.2, -0.15) is 0 Å². The van der Waals surface area contributed by atoms with Crippen molar-refractivity contribution in [2.24, 2.45) is 0 Å². The summed E-state index contributed by atoms with van der Waals surface area (Å²) in [6.45, 7) is 6.23. The standard InChI is InChI=1S/C19H22N2O3S/c1-14-11-21(9-10-23-14)19(22)8-7-16-5-3-4-6-18(16)24-12-17-13-25-15(2)20-17/h3-8,13-14H,9-12H2,1-2H3/b8-7+. The summed E-state index contributed by atoms with van der Waals surface area (Å²) >= 11 is 1.61. The van der Waals surface area contributed by atoms with Crippen LogP contribution in [0.2, 0.25) is 0 Å². The second-order valence-corrected chi connectivity index (χ2v) is 7.05. The summed E-state index contributed by atoms with van der Waals surface area (Å²) in [5.41, 5.74) is 1.80. The number of carbonyl (C=O) groups is 1. The number of thiazole rings is 1. The van der Waals surface area contributed by atoms with Crippen molar-refractivity contribution in [3.05, 3.63) is 52.0 Å². The topological polar surface area (TPSA) is 51.7 Å². The number of benzene rings is 1. The molecule has 1 aliphatic rings. The normalized spacial score (nSPS) is 17.8. The maximum atomic E-state index is 12.3. The van der Waals surface area contributed by atoms with Crippen molar-refractivity contribution < 1.29 is 14.3 Å². The number of para-hydroxylation sites is 1. The van der Waals surface area contributed by atoms with Crippen molar-refractivity contribution in [1.29, 1.82) is 0 Å². The average Bonchev–Trinajstić information content (AvgIpc) is 3.04. The van der Waals surface area contributed by atoms with Gasteiger partial charge < -0.3 is 14.4 Å². The van der Waals surface area contributed by atoms with Crippen LogP contribution in [0.15, 0.2) is 35.7 Å². The fourth-order valence-corrected chi connectivity index (χ4v) is 3.26. The zero-order valence-electron chi connectivity index (χ0n) is 14.5. The third-order valence-electron chi connectivity index (χ3n) is 3.92. The molecule has 1 amide bonds. The minimum Gasteiger partial charge on any atom is -0.487 e. The van der Waals surface area contributed by atoms with Crippen LogP contribution >= 0.6 is 11.3 Å². The molecule has 3 rings (SSSR count). The highest BCUT2D eigenvalue weighted by atomic mass is 32.1. The van der Waals surface area contributed by atoms with Gasteiger partial charge in [0.05, 0.1) is 23.4 Å². The van der Waals surface area contributed by atoms with Gasteiger partial charge in [0.1, 0.15) is 12.4 Å². The van der Waals surface area contributed by atoms with E-state index in [1.54, 1.807) is 17.4 Å². The number of hydrogen-bond acceptors (Lipinski definition) is 5. The molecule has 0 aliphatic carbocycles. The third kappa shape index (κ3) is 4.90. The zero-order chi connectivity index (χ0) is 17.6. The van der Waals surface area contributed by atoms with E-state index in [1.807, 2.05) is 54.5 Å². The van der Waals surface area contributed by atoms with Crippen molar-refractivity contribution in [2.45, 2.75) is 26.6 Å². The van der Waals surface area contributed by atoms with E-state index < -0.39 is 0 Å². The molecule has 1 aromatic carbocycles. The van der Waals surface area contributed by atoms with E-state index >= 15 is 0 Å². The van der Waals surface area contributed by atoms with Gasteiger partial charge in [0.2, 0.25) is 5.91 Å². The van der Waals surface area contributed by atoms with Gasteiger partial charge in [0.25, 0.3) is 0 Å². The summed E-state index contributed by atoms with van der Waals surface area (Å²) in [7, 11) is 0. The fraction of sp³-hybridized carbons (Fsp3) is 0.368. The molecule has 132 valence electrons. The van der Waals surface area contributed by atoms with Crippen molar-refractivity contribution in [3.63, 3.8) is 0 Å². The number of nitrogens with zero attached hydrogens (tertiary/aromatic N) is 2. The van der Waals surface area contributed by atoms with Crippen molar-refractivity contribution in [1.82, 2.24) is 9.88 Å². The van der Waals surface area contributed by atoms with Gasteiger partial charge >= 0.3 is 0 Å². The van der Waals surface area contributed by atoms with E-state index in [1.165, 1.54) is 0 Å². The Hall–Kier alpha value is -2.18. The molecule has 0 radical (unpaired) electrons. The fourth-order valence-electron chi connectivity index (χ4n) is 2.66. The number of hydrogen-bond donors (Lipinski definition) is 0. The molecule has 5 nitrogen and oxygen atoms in total. The average molecular weight is 358 g/mol. The lowest BCUT2D eigenvalue weighted by Crippen LogP contribution is -2.43. The number of rotatable bonds is 5. The Morgan fingerprint density at radius 1 is 1.48 bits per heavy atom. The van der Waals surface area contributed by atoms with E-state index in [0.717, 1.165) is 22.0 Å². The molecule has 1 saturated heterocycles. The van der Waals surface area contributed by atoms with Crippen LogP contribution in [0.1, 0.15) is 23.2 Å². The van der Waals surface area contributed by atoms with E-state index in [0.29, 0.717) is 26.3 Å². The molecule has 0 saturated carbocycles. The molecule has 0 spiro atoms. The van der Waals surface area contributed by atoms with Crippen LogP contribution in [0.4, 0.5) is 0 Å². The van der Waals surface area contributed by atoms with Gasteiger partial charge in [0, 0.05) is 30.1 Å². The zero-order valence-corrected chi connectivity index (χ0v) is 15.3. The number of amides is 1. The van der Waals surface area contributed by atoms with Crippen LogP contribution in [0.3, 0.4) is 0 Å². The second-order valence-electron chi connectivity index (χ2n) is 5.98. The lowest BCUT2D eigenvalue weighted by atomic mass is 10.2. The first-order chi connectivity index (χ1) is 12.1. The van der Waals surface area contributed by atoms with Gasteiger partial charge in [-0.05, 0) is 26.0 Å². The van der Waals surface area contributed by atoms with E-state index in [4.69, 9.17) is 9.47 Å². The van der Waals surface area contributed by atoms with Gasteiger partial charge in [-0.1, -0.05) is 18.2 Å². The molecule has 0 bridgehead atoms. The SMILES string of the molecule is Cc1nc(COc2ccccc2/C=C/C(=O)N2CCOC(C)C2)cs1. The second kappa shape index (κ2) is 8.27. The summed E-state index contributed by atoms with van der Waals surface area (Å²) in [4.78, 5) is 18.6. The van der Waals surface area contributed by atoms with Gasteiger partial charge in [-0.15, -0.1) is 11.3 Å². The quantitative estimate of drug-likeness (QED) is 0.770. The molecular weight excluding hydrogens is 336 g/mol. The maximum absolute atomic E-state index is 12.3. The number of carbonyl (C=O) groups excluding carboxylic acids is 1. The number of ether oxygens (including phenoxy) is 2. The van der Waals surface area contributed by atoms with Crippen LogP contribution in [0.25, 0.3) is 6.08 Å². The molecule has 1 atom stereocenters. The molecule has 1 aromatic heterocycles. The van der Waals surface area contributed by atoms with Crippen molar-refractivity contribution in [3.8, 4) is 5.75 Å². The molecular formula is C19H22N2O3S. The largest absolute Gasteiger partial charge is 0.487 e. The van der Waals surface area contributed by atoms with Crippen molar-refractivity contribution >= 4 is 23.3 Å². The minimum absolute atomic E-state index is 0.0000732. The van der Waals surface area contributed by atoms with Crippen LogP contribution in [-0.2, 0) is 16.1 Å². The number of aromatic nitrogens is 1. The summed E-state index contributed by atoms with van der Waals surface area (Å²) in [5, 5.41) is 3.02. The van der Waals surface area contributed by atoms with Crippen LogP contribution in [0.5, 0.6) is 5.75 Å². The maximum Gasteiger partial charge on any atom is 0.246 e. The summed E-state index contributed by atoms with van der Waals surface area (Å²) < 4.78 is 11.4. The van der Waals surface area contributed by atoms with Gasteiger partial charge in [-0.3, -0.25) is 4.79 Å². The number of morpholine rings is 1. The third-order valence-corrected chi connectivity index (χ3v) is 4.74. The lowest BCUT2D eigenvalue weighted by molar-refractivity contribution is -0.132. The number of aryl methyl sites for hydroxylation is 1. The first-order valence-electron chi connectivity index (χ1n) is 8.33. The first-order valence-corrected chi connectivity index (χ1v) is 9.21. The highest BCUT2D eigenvalue weighted by Crippen LogP contribution is 2.21. The molecule has 1 fully saturated rings. The lowest BCUT2D eigenvalue weighted by Gasteiger charge is -2.30. The van der Waals surface area contributed by atoms with Gasteiger partial charge in [0.15, 0.2) is 0 Å². The Kier molecular flexibility index (Phi) is 5.83. The molecule has 2 heterocycles. The molecule has 2 aromatic rings. The molecule has 25 heavy (non-hydrogen) atoms. The monoisotopic (exact) mass is 358 g/mol. The highest BCUT2D eigenvalue weighted by molar-refractivity contribution is 7.09. The Morgan fingerprint density at radius 3 is 3.08 bits per heavy atom.